The Balaban J connectivity index is 2.24. The van der Waals surface area contributed by atoms with Crippen LogP contribution >= 0.6 is 0 Å². The molecule has 1 N–H and O–H groups in total. The Morgan fingerprint density at radius 1 is 1.00 bits per heavy atom. The molecule has 4 nitrogen and oxygen atoms in total. The van der Waals surface area contributed by atoms with Gasteiger partial charge in [0.1, 0.15) is 0 Å². The minimum Gasteiger partial charge on any atom is -0.493 e. The molecule has 24 heavy (non-hydrogen) atoms. The van der Waals surface area contributed by atoms with Crippen LogP contribution in [0.4, 0.5) is 0 Å². The number of hydrogen-bond donors (Lipinski definition) is 1. The van der Waals surface area contributed by atoms with Gasteiger partial charge in [0.25, 0.3) is 0 Å². The molecule has 3 aromatic rings. The molecule has 0 bridgehead atoms. The minimum absolute atomic E-state index is 0.575. The van der Waals surface area contributed by atoms with Crippen LogP contribution < -0.4 is 9.47 Å². The number of aliphatic hydroxyl groups is 1. The molecule has 124 valence electrons. The second-order valence-electron chi connectivity index (χ2n) is 5.61. The summed E-state index contributed by atoms with van der Waals surface area (Å²) in [6.45, 7) is 1.94. The zero-order chi connectivity index (χ0) is 17.1. The van der Waals surface area contributed by atoms with Crippen molar-refractivity contribution in [3.05, 3.63) is 54.2 Å². The average molecular weight is 323 g/mol. The largest absolute Gasteiger partial charge is 0.493 e. The maximum Gasteiger partial charge on any atom is 0.161 e. The van der Waals surface area contributed by atoms with E-state index < -0.39 is 6.10 Å². The Morgan fingerprint density at radius 2 is 1.75 bits per heavy atom. The van der Waals surface area contributed by atoms with Crippen molar-refractivity contribution in [2.75, 3.05) is 14.2 Å². The van der Waals surface area contributed by atoms with E-state index in [2.05, 4.69) is 4.98 Å². The van der Waals surface area contributed by atoms with Gasteiger partial charge in [0.05, 0.1) is 31.5 Å². The van der Waals surface area contributed by atoms with Gasteiger partial charge in [0, 0.05) is 5.39 Å². The highest BCUT2D eigenvalue weighted by molar-refractivity contribution is 5.95. The van der Waals surface area contributed by atoms with Crippen molar-refractivity contribution in [1.82, 2.24) is 4.98 Å². The number of rotatable bonds is 5. The first-order valence-electron chi connectivity index (χ1n) is 7.98. The summed E-state index contributed by atoms with van der Waals surface area (Å²) in [7, 11) is 3.24. The smallest absolute Gasteiger partial charge is 0.161 e. The number of benzene rings is 2. The van der Waals surface area contributed by atoms with Gasteiger partial charge < -0.3 is 14.6 Å². The standard InChI is InChI=1S/C20H21NO3/c1-4-18(22)17-12-15(14-7-5-6-8-16(14)21-17)13-9-10-19(23-2)20(11-13)24-3/h5-12,18,22H,4H2,1-3H3. The SMILES string of the molecule is CCC(O)c1cc(-c2ccc(OC)c(OC)c2)c2ccccc2n1. The molecule has 1 unspecified atom stereocenters. The maximum absolute atomic E-state index is 10.2. The van der Waals surface area contributed by atoms with Crippen LogP contribution in [0.1, 0.15) is 25.1 Å². The van der Waals surface area contributed by atoms with E-state index in [4.69, 9.17) is 9.47 Å². The topological polar surface area (TPSA) is 51.6 Å². The van der Waals surface area contributed by atoms with Crippen LogP contribution in [0.2, 0.25) is 0 Å². The molecule has 0 aliphatic heterocycles. The number of aliphatic hydroxyl groups excluding tert-OH is 1. The van der Waals surface area contributed by atoms with Crippen molar-refractivity contribution in [2.24, 2.45) is 0 Å². The molecule has 1 aromatic heterocycles. The zero-order valence-corrected chi connectivity index (χ0v) is 14.1. The summed E-state index contributed by atoms with van der Waals surface area (Å²) >= 11 is 0. The second kappa shape index (κ2) is 6.89. The van der Waals surface area contributed by atoms with Gasteiger partial charge in [0.15, 0.2) is 11.5 Å². The molecule has 0 amide bonds. The number of aromatic nitrogens is 1. The number of ether oxygens (including phenoxy) is 2. The molecule has 4 heteroatoms. The van der Waals surface area contributed by atoms with Crippen LogP contribution in [-0.2, 0) is 0 Å². The average Bonchev–Trinajstić information content (AvgIpc) is 2.65. The molecule has 0 saturated heterocycles. The number of methoxy groups -OCH3 is 2. The maximum atomic E-state index is 10.2. The van der Waals surface area contributed by atoms with Crippen LogP contribution in [0.15, 0.2) is 48.5 Å². The monoisotopic (exact) mass is 323 g/mol. The van der Waals surface area contributed by atoms with E-state index in [1.54, 1.807) is 14.2 Å². The molecule has 0 radical (unpaired) electrons. The van der Waals surface area contributed by atoms with Crippen molar-refractivity contribution in [2.45, 2.75) is 19.4 Å². The Morgan fingerprint density at radius 3 is 2.46 bits per heavy atom. The fraction of sp³-hybridized carbons (Fsp3) is 0.250. The summed E-state index contributed by atoms with van der Waals surface area (Å²) in [5, 5.41) is 11.3. The van der Waals surface area contributed by atoms with E-state index in [1.165, 1.54) is 0 Å². The number of para-hydroxylation sites is 1. The van der Waals surface area contributed by atoms with Gasteiger partial charge in [-0.05, 0) is 41.8 Å². The van der Waals surface area contributed by atoms with Crippen LogP contribution in [0.3, 0.4) is 0 Å². The molecule has 0 spiro atoms. The van der Waals surface area contributed by atoms with E-state index in [-0.39, 0.29) is 0 Å². The number of hydrogen-bond acceptors (Lipinski definition) is 4. The molecular weight excluding hydrogens is 302 g/mol. The van der Waals surface area contributed by atoms with Gasteiger partial charge in [0.2, 0.25) is 0 Å². The third-order valence-electron chi connectivity index (χ3n) is 4.16. The van der Waals surface area contributed by atoms with Gasteiger partial charge in [-0.25, -0.2) is 0 Å². The van der Waals surface area contributed by atoms with Crippen LogP contribution in [0.5, 0.6) is 11.5 Å². The van der Waals surface area contributed by atoms with E-state index in [9.17, 15) is 5.11 Å². The molecule has 1 atom stereocenters. The molecule has 1 heterocycles. The van der Waals surface area contributed by atoms with E-state index in [0.29, 0.717) is 23.6 Å². The van der Waals surface area contributed by atoms with Crippen molar-refractivity contribution in [3.8, 4) is 22.6 Å². The van der Waals surface area contributed by atoms with Crippen molar-refractivity contribution >= 4 is 10.9 Å². The summed E-state index contributed by atoms with van der Waals surface area (Å²) in [5.74, 6) is 1.36. The lowest BCUT2D eigenvalue weighted by Gasteiger charge is -2.14. The predicted molar refractivity (Wildman–Crippen MR) is 95.5 cm³/mol. The molecule has 3 rings (SSSR count). The highest BCUT2D eigenvalue weighted by Gasteiger charge is 2.14. The highest BCUT2D eigenvalue weighted by atomic mass is 16.5. The summed E-state index contributed by atoms with van der Waals surface area (Å²) in [6.07, 6.45) is 0.0463. The van der Waals surface area contributed by atoms with Gasteiger partial charge in [-0.3, -0.25) is 4.98 Å². The second-order valence-corrected chi connectivity index (χ2v) is 5.61. The first-order chi connectivity index (χ1) is 11.7. The molecular formula is C20H21NO3. The van der Waals surface area contributed by atoms with E-state index >= 15 is 0 Å². The number of fused-ring (bicyclic) bond motifs is 1. The summed E-state index contributed by atoms with van der Waals surface area (Å²) in [6, 6.07) is 15.7. The predicted octanol–water partition coefficient (Wildman–Crippen LogP) is 4.36. The summed E-state index contributed by atoms with van der Waals surface area (Å²) in [4.78, 5) is 4.60. The normalized spacial score (nSPS) is 12.2. The lowest BCUT2D eigenvalue weighted by Crippen LogP contribution is -2.00. The van der Waals surface area contributed by atoms with Crippen LogP contribution in [0.25, 0.3) is 22.0 Å². The van der Waals surface area contributed by atoms with Gasteiger partial charge in [-0.2, -0.15) is 0 Å². The zero-order valence-electron chi connectivity index (χ0n) is 14.1. The molecule has 2 aromatic carbocycles. The molecule has 0 aliphatic rings. The van der Waals surface area contributed by atoms with Crippen molar-refractivity contribution in [1.29, 1.82) is 0 Å². The summed E-state index contributed by atoms with van der Waals surface area (Å²) in [5.41, 5.74) is 3.56. The van der Waals surface area contributed by atoms with Crippen LogP contribution in [0, 0.1) is 0 Å². The Bertz CT molecular complexity index is 861. The third-order valence-corrected chi connectivity index (χ3v) is 4.16. The first kappa shape index (κ1) is 16.3. The van der Waals surface area contributed by atoms with Crippen LogP contribution in [-0.4, -0.2) is 24.3 Å². The fourth-order valence-corrected chi connectivity index (χ4v) is 2.82. The lowest BCUT2D eigenvalue weighted by molar-refractivity contribution is 0.169. The fourth-order valence-electron chi connectivity index (χ4n) is 2.82. The van der Waals surface area contributed by atoms with E-state index in [0.717, 1.165) is 22.0 Å². The lowest BCUT2D eigenvalue weighted by atomic mass is 9.98. The molecule has 0 aliphatic carbocycles. The van der Waals surface area contributed by atoms with Crippen molar-refractivity contribution in [3.63, 3.8) is 0 Å². The Labute approximate surface area is 141 Å². The van der Waals surface area contributed by atoms with Gasteiger partial charge in [-0.1, -0.05) is 31.2 Å². The van der Waals surface area contributed by atoms with Crippen molar-refractivity contribution < 1.29 is 14.6 Å². The highest BCUT2D eigenvalue weighted by Crippen LogP contribution is 2.36. The van der Waals surface area contributed by atoms with Gasteiger partial charge in [-0.15, -0.1) is 0 Å². The first-order valence-corrected chi connectivity index (χ1v) is 7.98. The molecule has 0 fully saturated rings. The van der Waals surface area contributed by atoms with Gasteiger partial charge >= 0.3 is 0 Å². The Hall–Kier alpha value is -2.59. The quantitative estimate of drug-likeness (QED) is 0.758. The number of pyridine rings is 1. The molecule has 0 saturated carbocycles. The minimum atomic E-state index is -0.575. The number of nitrogens with zero attached hydrogens (tertiary/aromatic N) is 1. The van der Waals surface area contributed by atoms with E-state index in [1.807, 2.05) is 55.5 Å². The Kier molecular flexibility index (Phi) is 4.67. The third kappa shape index (κ3) is 2.93. The summed E-state index contributed by atoms with van der Waals surface area (Å²) < 4.78 is 10.7.